The summed E-state index contributed by atoms with van der Waals surface area (Å²) in [6.07, 6.45) is 5.98. The lowest BCUT2D eigenvalue weighted by molar-refractivity contribution is -0.133. The van der Waals surface area contributed by atoms with Crippen LogP contribution >= 0.6 is 0 Å². The molecule has 2 aromatic rings. The van der Waals surface area contributed by atoms with Gasteiger partial charge in [-0.3, -0.25) is 9.69 Å². The number of aromatic nitrogens is 4. The van der Waals surface area contributed by atoms with Crippen LogP contribution in [0.5, 0.6) is 0 Å². The molecule has 9 nitrogen and oxygen atoms in total. The molecule has 4 rings (SSSR count). The fourth-order valence-corrected chi connectivity index (χ4v) is 3.88. The molecule has 0 aliphatic carbocycles. The first-order chi connectivity index (χ1) is 13.0. The Labute approximate surface area is 158 Å². The molecule has 0 saturated carbocycles. The lowest BCUT2D eigenvalue weighted by Gasteiger charge is -2.42. The van der Waals surface area contributed by atoms with Gasteiger partial charge in [0.2, 0.25) is 11.8 Å². The number of carbonyl (C=O) groups is 1. The molecule has 0 N–H and O–H groups in total. The molecule has 0 unspecified atom stereocenters. The molecule has 0 bridgehead atoms. The van der Waals surface area contributed by atoms with Crippen molar-refractivity contribution in [3.05, 3.63) is 29.9 Å². The van der Waals surface area contributed by atoms with Crippen LogP contribution in [0.3, 0.4) is 0 Å². The van der Waals surface area contributed by atoms with Crippen LogP contribution in [0, 0.1) is 6.92 Å². The number of aryl methyl sites for hydroxylation is 2. The van der Waals surface area contributed by atoms with E-state index in [4.69, 9.17) is 9.26 Å². The van der Waals surface area contributed by atoms with Crippen molar-refractivity contribution < 1.29 is 14.1 Å². The van der Waals surface area contributed by atoms with Crippen molar-refractivity contribution in [1.82, 2.24) is 29.5 Å². The Morgan fingerprint density at radius 3 is 2.74 bits per heavy atom. The van der Waals surface area contributed by atoms with Crippen LogP contribution in [0.15, 0.2) is 16.9 Å². The number of hydrogen-bond donors (Lipinski definition) is 0. The summed E-state index contributed by atoms with van der Waals surface area (Å²) in [6, 6.07) is 0. The molecule has 2 saturated heterocycles. The van der Waals surface area contributed by atoms with Crippen LogP contribution < -0.4 is 0 Å². The molecule has 1 amide bonds. The topological polar surface area (TPSA) is 89.5 Å². The van der Waals surface area contributed by atoms with E-state index >= 15 is 0 Å². The first-order valence-electron chi connectivity index (χ1n) is 9.42. The molecule has 146 valence electrons. The van der Waals surface area contributed by atoms with Crippen molar-refractivity contribution in [2.24, 2.45) is 7.05 Å². The molecule has 4 heterocycles. The van der Waals surface area contributed by atoms with E-state index in [2.05, 4.69) is 24.6 Å². The third kappa shape index (κ3) is 4.03. The van der Waals surface area contributed by atoms with Crippen molar-refractivity contribution in [2.75, 3.05) is 26.2 Å². The summed E-state index contributed by atoms with van der Waals surface area (Å²) in [6.45, 7) is 5.86. The van der Waals surface area contributed by atoms with E-state index in [1.54, 1.807) is 6.92 Å². The molecule has 1 spiro atoms. The van der Waals surface area contributed by atoms with Gasteiger partial charge in [0.1, 0.15) is 12.4 Å². The first kappa shape index (κ1) is 18.1. The fraction of sp³-hybridized carbons (Fsp3) is 0.667. The summed E-state index contributed by atoms with van der Waals surface area (Å²) in [5.41, 5.74) is -0.292. The number of likely N-dealkylation sites (tertiary alicyclic amines) is 1. The van der Waals surface area contributed by atoms with Gasteiger partial charge in [-0.15, -0.1) is 0 Å². The Kier molecular flexibility index (Phi) is 4.96. The number of rotatable bonds is 4. The van der Waals surface area contributed by atoms with E-state index in [0.717, 1.165) is 38.3 Å². The summed E-state index contributed by atoms with van der Waals surface area (Å²) >= 11 is 0. The van der Waals surface area contributed by atoms with E-state index in [1.165, 1.54) is 0 Å². The number of hydrogen-bond acceptors (Lipinski definition) is 7. The van der Waals surface area contributed by atoms with Gasteiger partial charge in [-0.2, -0.15) is 4.98 Å². The monoisotopic (exact) mass is 374 g/mol. The van der Waals surface area contributed by atoms with Crippen molar-refractivity contribution in [1.29, 1.82) is 0 Å². The number of imidazole rings is 1. The Balaban J connectivity index is 1.40. The van der Waals surface area contributed by atoms with Crippen LogP contribution in [0.4, 0.5) is 0 Å². The van der Waals surface area contributed by atoms with E-state index in [-0.39, 0.29) is 11.5 Å². The quantitative estimate of drug-likeness (QED) is 0.785. The molecular weight excluding hydrogens is 348 g/mol. The minimum Gasteiger partial charge on any atom is -0.373 e. The maximum atomic E-state index is 12.5. The highest BCUT2D eigenvalue weighted by Gasteiger charge is 2.40. The molecule has 0 radical (unpaired) electrons. The number of ether oxygens (including phenoxy) is 1. The SMILES string of the molecule is Cc1noc(CN2CC3(CCN(Cc4nccn4C)CC3)OCCC2=O)n1. The van der Waals surface area contributed by atoms with Crippen molar-refractivity contribution in [2.45, 2.75) is 44.9 Å². The van der Waals surface area contributed by atoms with E-state index in [1.807, 2.05) is 24.3 Å². The summed E-state index contributed by atoms with van der Waals surface area (Å²) in [4.78, 5) is 25.4. The van der Waals surface area contributed by atoms with Crippen LogP contribution in [0.1, 0.15) is 36.8 Å². The second-order valence-electron chi connectivity index (χ2n) is 7.50. The van der Waals surface area contributed by atoms with Gasteiger partial charge in [0.15, 0.2) is 5.82 Å². The van der Waals surface area contributed by atoms with Crippen LogP contribution in [0.25, 0.3) is 0 Å². The maximum Gasteiger partial charge on any atom is 0.246 e. The van der Waals surface area contributed by atoms with E-state index in [0.29, 0.717) is 37.8 Å². The van der Waals surface area contributed by atoms with Gasteiger partial charge < -0.3 is 18.7 Å². The molecule has 2 aliphatic rings. The van der Waals surface area contributed by atoms with Gasteiger partial charge in [0.05, 0.1) is 31.7 Å². The van der Waals surface area contributed by atoms with Gasteiger partial charge in [0.25, 0.3) is 0 Å². The van der Waals surface area contributed by atoms with Gasteiger partial charge in [0, 0.05) is 32.5 Å². The molecule has 2 aliphatic heterocycles. The average molecular weight is 374 g/mol. The number of nitrogens with zero attached hydrogens (tertiary/aromatic N) is 6. The first-order valence-corrected chi connectivity index (χ1v) is 9.42. The second-order valence-corrected chi connectivity index (χ2v) is 7.50. The average Bonchev–Trinajstić information content (AvgIpc) is 3.20. The molecule has 27 heavy (non-hydrogen) atoms. The minimum absolute atomic E-state index is 0.0816. The lowest BCUT2D eigenvalue weighted by Crippen LogP contribution is -2.51. The molecule has 0 aromatic carbocycles. The van der Waals surface area contributed by atoms with E-state index in [9.17, 15) is 4.79 Å². The molecule has 2 aromatic heterocycles. The summed E-state index contributed by atoms with van der Waals surface area (Å²) in [7, 11) is 2.02. The van der Waals surface area contributed by atoms with Gasteiger partial charge in [-0.1, -0.05) is 5.16 Å². The third-order valence-corrected chi connectivity index (χ3v) is 5.50. The molecule has 0 atom stereocenters. The molecule has 9 heteroatoms. The van der Waals surface area contributed by atoms with Crippen LogP contribution in [-0.4, -0.2) is 67.2 Å². The van der Waals surface area contributed by atoms with Gasteiger partial charge >= 0.3 is 0 Å². The Bertz CT molecular complexity index is 793. The van der Waals surface area contributed by atoms with E-state index < -0.39 is 0 Å². The number of amides is 1. The maximum absolute atomic E-state index is 12.5. The summed E-state index contributed by atoms with van der Waals surface area (Å²) in [5, 5.41) is 3.82. The van der Waals surface area contributed by atoms with Crippen LogP contribution in [0.2, 0.25) is 0 Å². The predicted octanol–water partition coefficient (Wildman–Crippen LogP) is 0.895. The molecular formula is C18H26N6O3. The normalized spacial score (nSPS) is 21.0. The van der Waals surface area contributed by atoms with Crippen molar-refractivity contribution in [3.8, 4) is 0 Å². The zero-order valence-electron chi connectivity index (χ0n) is 15.9. The predicted molar refractivity (Wildman–Crippen MR) is 95.5 cm³/mol. The van der Waals surface area contributed by atoms with Gasteiger partial charge in [-0.25, -0.2) is 4.98 Å². The minimum atomic E-state index is -0.292. The van der Waals surface area contributed by atoms with Crippen LogP contribution in [-0.2, 0) is 29.7 Å². The second kappa shape index (κ2) is 7.40. The zero-order valence-corrected chi connectivity index (χ0v) is 15.9. The summed E-state index contributed by atoms with van der Waals surface area (Å²) in [5.74, 6) is 2.21. The zero-order chi connectivity index (χ0) is 18.9. The standard InChI is InChI=1S/C18H26N6O3/c1-14-20-16(27-21-14)12-24-13-18(26-10-3-17(24)25)4-7-23(8-5-18)11-15-19-6-9-22(15)2/h6,9H,3-5,7-8,10-13H2,1-2H3. The summed E-state index contributed by atoms with van der Waals surface area (Å²) < 4.78 is 13.5. The highest BCUT2D eigenvalue weighted by molar-refractivity contribution is 5.76. The fourth-order valence-electron chi connectivity index (χ4n) is 3.88. The Morgan fingerprint density at radius 2 is 2.07 bits per heavy atom. The van der Waals surface area contributed by atoms with Crippen molar-refractivity contribution >= 4 is 5.91 Å². The largest absolute Gasteiger partial charge is 0.373 e. The van der Waals surface area contributed by atoms with Gasteiger partial charge in [-0.05, 0) is 19.8 Å². The highest BCUT2D eigenvalue weighted by Crippen LogP contribution is 2.31. The highest BCUT2D eigenvalue weighted by atomic mass is 16.5. The number of carbonyl (C=O) groups excluding carboxylic acids is 1. The lowest BCUT2D eigenvalue weighted by atomic mass is 9.90. The Morgan fingerprint density at radius 1 is 1.26 bits per heavy atom. The number of piperidine rings is 1. The third-order valence-electron chi connectivity index (χ3n) is 5.50. The van der Waals surface area contributed by atoms with Crippen molar-refractivity contribution in [3.63, 3.8) is 0 Å². The smallest absolute Gasteiger partial charge is 0.246 e. The Hall–Kier alpha value is -2.26. The molecule has 2 fully saturated rings.